The summed E-state index contributed by atoms with van der Waals surface area (Å²) >= 11 is 0. The largest absolute Gasteiger partial charge is 0.275 e. The van der Waals surface area contributed by atoms with Gasteiger partial charge in [-0.3, -0.25) is 4.68 Å². The first kappa shape index (κ1) is 12.8. The van der Waals surface area contributed by atoms with Crippen LogP contribution in [-0.4, -0.2) is 9.78 Å². The van der Waals surface area contributed by atoms with E-state index in [4.69, 9.17) is 0 Å². The molecule has 2 heteroatoms. The van der Waals surface area contributed by atoms with Crippen molar-refractivity contribution in [3.63, 3.8) is 0 Å². The number of hydrogen-bond acceptors (Lipinski definition) is 1. The summed E-state index contributed by atoms with van der Waals surface area (Å²) in [5.74, 6) is 0.630. The van der Waals surface area contributed by atoms with Crippen LogP contribution in [-0.2, 0) is 7.05 Å². The highest BCUT2D eigenvalue weighted by atomic mass is 15.2. The Morgan fingerprint density at radius 1 is 1.56 bits per heavy atom. The molecule has 0 saturated heterocycles. The molecule has 0 spiro atoms. The van der Waals surface area contributed by atoms with Crippen molar-refractivity contribution < 1.29 is 0 Å². The van der Waals surface area contributed by atoms with E-state index < -0.39 is 0 Å². The second-order valence-corrected chi connectivity index (χ2v) is 4.63. The van der Waals surface area contributed by atoms with Crippen molar-refractivity contribution in [2.75, 3.05) is 0 Å². The lowest BCUT2D eigenvalue weighted by Crippen LogP contribution is -1.98. The van der Waals surface area contributed by atoms with Crippen molar-refractivity contribution in [2.45, 2.75) is 33.6 Å². The molecular formula is C14H22N2. The summed E-state index contributed by atoms with van der Waals surface area (Å²) in [6.07, 6.45) is 6.30. The van der Waals surface area contributed by atoms with E-state index in [1.165, 1.54) is 5.57 Å². The molecule has 0 aromatic carbocycles. The first-order valence-electron chi connectivity index (χ1n) is 5.82. The molecule has 0 N–H and O–H groups in total. The fourth-order valence-corrected chi connectivity index (χ4v) is 1.87. The molecule has 16 heavy (non-hydrogen) atoms. The topological polar surface area (TPSA) is 17.8 Å². The first-order chi connectivity index (χ1) is 7.52. The van der Waals surface area contributed by atoms with Gasteiger partial charge in [-0.25, -0.2) is 0 Å². The molecule has 0 saturated carbocycles. The summed E-state index contributed by atoms with van der Waals surface area (Å²) in [6.45, 7) is 10.7. The Bertz CT molecular complexity index is 385. The predicted octanol–water partition coefficient (Wildman–Crippen LogP) is 3.82. The van der Waals surface area contributed by atoms with E-state index in [2.05, 4.69) is 38.5 Å². The molecule has 0 aliphatic rings. The quantitative estimate of drug-likeness (QED) is 0.687. The summed E-state index contributed by atoms with van der Waals surface area (Å²) in [7, 11) is 1.93. The molecule has 1 heterocycles. The standard InChI is InChI=1S/C14H22N2/c1-6-11(2)9-12(3)10-13(4)14-7-8-16(5)15-14/h6-8,12H,4,9-10H2,1-3,5H3/b11-6-. The van der Waals surface area contributed by atoms with Gasteiger partial charge in [-0.05, 0) is 44.2 Å². The Morgan fingerprint density at radius 2 is 2.25 bits per heavy atom. The molecule has 0 aliphatic heterocycles. The van der Waals surface area contributed by atoms with Crippen molar-refractivity contribution in [3.05, 3.63) is 36.2 Å². The van der Waals surface area contributed by atoms with Gasteiger partial charge in [0.05, 0.1) is 5.69 Å². The van der Waals surface area contributed by atoms with Gasteiger partial charge >= 0.3 is 0 Å². The van der Waals surface area contributed by atoms with Crippen molar-refractivity contribution in [2.24, 2.45) is 13.0 Å². The summed E-state index contributed by atoms with van der Waals surface area (Å²) in [5, 5.41) is 4.37. The van der Waals surface area contributed by atoms with Gasteiger partial charge in [0.2, 0.25) is 0 Å². The van der Waals surface area contributed by atoms with Crippen LogP contribution in [0.3, 0.4) is 0 Å². The Labute approximate surface area is 98.7 Å². The summed E-state index contributed by atoms with van der Waals surface area (Å²) < 4.78 is 1.82. The van der Waals surface area contributed by atoms with Crippen LogP contribution in [0.1, 0.15) is 39.3 Å². The second kappa shape index (κ2) is 5.69. The fourth-order valence-electron chi connectivity index (χ4n) is 1.87. The fraction of sp³-hybridized carbons (Fsp3) is 0.500. The van der Waals surface area contributed by atoms with E-state index in [0.29, 0.717) is 5.92 Å². The first-order valence-corrected chi connectivity index (χ1v) is 5.82. The Balaban J connectivity index is 2.52. The zero-order valence-corrected chi connectivity index (χ0v) is 10.8. The Morgan fingerprint density at radius 3 is 2.75 bits per heavy atom. The summed E-state index contributed by atoms with van der Waals surface area (Å²) in [5.41, 5.74) is 3.60. The van der Waals surface area contributed by atoms with Gasteiger partial charge in [0, 0.05) is 13.2 Å². The number of hydrogen-bond donors (Lipinski definition) is 0. The normalized spacial score (nSPS) is 13.9. The van der Waals surface area contributed by atoms with E-state index in [9.17, 15) is 0 Å². The molecule has 1 unspecified atom stereocenters. The molecule has 0 fully saturated rings. The zero-order chi connectivity index (χ0) is 12.1. The van der Waals surface area contributed by atoms with Crippen LogP contribution in [0.5, 0.6) is 0 Å². The Hall–Kier alpha value is -1.31. The molecule has 0 radical (unpaired) electrons. The summed E-state index contributed by atoms with van der Waals surface area (Å²) in [4.78, 5) is 0. The number of nitrogens with zero attached hydrogens (tertiary/aromatic N) is 2. The minimum absolute atomic E-state index is 0.630. The van der Waals surface area contributed by atoms with Gasteiger partial charge in [0.15, 0.2) is 0 Å². The highest BCUT2D eigenvalue weighted by molar-refractivity contribution is 5.59. The second-order valence-electron chi connectivity index (χ2n) is 4.63. The smallest absolute Gasteiger partial charge is 0.0876 e. The van der Waals surface area contributed by atoms with Crippen LogP contribution < -0.4 is 0 Å². The van der Waals surface area contributed by atoms with Crippen LogP contribution >= 0.6 is 0 Å². The lowest BCUT2D eigenvalue weighted by atomic mass is 9.94. The number of aromatic nitrogens is 2. The average molecular weight is 218 g/mol. The van der Waals surface area contributed by atoms with Crippen LogP contribution in [0.25, 0.3) is 5.57 Å². The predicted molar refractivity (Wildman–Crippen MR) is 70.1 cm³/mol. The molecule has 1 aromatic heterocycles. The minimum Gasteiger partial charge on any atom is -0.275 e. The highest BCUT2D eigenvalue weighted by Gasteiger charge is 2.08. The lowest BCUT2D eigenvalue weighted by molar-refractivity contribution is 0.592. The monoisotopic (exact) mass is 218 g/mol. The van der Waals surface area contributed by atoms with Crippen LogP contribution in [0, 0.1) is 5.92 Å². The SMILES string of the molecule is C=C(CC(C)C/C(C)=C\C)c1ccn(C)n1. The third kappa shape index (κ3) is 3.69. The maximum atomic E-state index is 4.37. The molecule has 0 bridgehead atoms. The van der Waals surface area contributed by atoms with Crippen LogP contribution in [0.15, 0.2) is 30.5 Å². The highest BCUT2D eigenvalue weighted by Crippen LogP contribution is 2.23. The van der Waals surface area contributed by atoms with E-state index in [1.807, 2.05) is 24.0 Å². The molecule has 1 atom stereocenters. The minimum atomic E-state index is 0.630. The van der Waals surface area contributed by atoms with Crippen LogP contribution in [0.2, 0.25) is 0 Å². The van der Waals surface area contributed by atoms with Crippen molar-refractivity contribution in [1.29, 1.82) is 0 Å². The van der Waals surface area contributed by atoms with E-state index in [-0.39, 0.29) is 0 Å². The third-order valence-electron chi connectivity index (χ3n) is 2.83. The van der Waals surface area contributed by atoms with Gasteiger partial charge < -0.3 is 0 Å². The maximum absolute atomic E-state index is 4.37. The van der Waals surface area contributed by atoms with Gasteiger partial charge in [0.1, 0.15) is 0 Å². The molecular weight excluding hydrogens is 196 g/mol. The zero-order valence-electron chi connectivity index (χ0n) is 10.8. The van der Waals surface area contributed by atoms with Gasteiger partial charge in [-0.2, -0.15) is 5.10 Å². The molecule has 0 amide bonds. The van der Waals surface area contributed by atoms with E-state index in [0.717, 1.165) is 24.1 Å². The third-order valence-corrected chi connectivity index (χ3v) is 2.83. The lowest BCUT2D eigenvalue weighted by Gasteiger charge is -2.12. The average Bonchev–Trinajstić information content (AvgIpc) is 2.64. The molecule has 88 valence electrons. The van der Waals surface area contributed by atoms with Gasteiger partial charge in [-0.15, -0.1) is 0 Å². The van der Waals surface area contributed by atoms with E-state index in [1.54, 1.807) is 0 Å². The maximum Gasteiger partial charge on any atom is 0.0876 e. The molecule has 0 aliphatic carbocycles. The van der Waals surface area contributed by atoms with Gasteiger partial charge in [0.25, 0.3) is 0 Å². The number of aryl methyl sites for hydroxylation is 1. The summed E-state index contributed by atoms with van der Waals surface area (Å²) in [6, 6.07) is 2.03. The van der Waals surface area contributed by atoms with Gasteiger partial charge in [-0.1, -0.05) is 25.2 Å². The van der Waals surface area contributed by atoms with Crippen molar-refractivity contribution >= 4 is 5.57 Å². The molecule has 1 rings (SSSR count). The van der Waals surface area contributed by atoms with E-state index >= 15 is 0 Å². The van der Waals surface area contributed by atoms with Crippen LogP contribution in [0.4, 0.5) is 0 Å². The molecule has 1 aromatic rings. The number of allylic oxidation sites excluding steroid dienone is 3. The number of rotatable bonds is 5. The van der Waals surface area contributed by atoms with Crippen molar-refractivity contribution in [3.8, 4) is 0 Å². The molecule has 2 nitrogen and oxygen atoms in total. The Kier molecular flexibility index (Phi) is 4.53. The van der Waals surface area contributed by atoms with Crippen molar-refractivity contribution in [1.82, 2.24) is 9.78 Å².